The summed E-state index contributed by atoms with van der Waals surface area (Å²) in [7, 11) is 0. The highest BCUT2D eigenvalue weighted by atomic mass is 19.1. The van der Waals surface area contributed by atoms with Crippen LogP contribution in [0.3, 0.4) is 0 Å². The minimum atomic E-state index is -0.511. The molecule has 0 aliphatic rings. The zero-order chi connectivity index (χ0) is 12.8. The molecule has 1 aromatic rings. The van der Waals surface area contributed by atoms with Gasteiger partial charge in [-0.25, -0.2) is 4.39 Å². The molecule has 2 N–H and O–H groups in total. The van der Waals surface area contributed by atoms with Crippen molar-refractivity contribution in [2.75, 3.05) is 11.4 Å². The number of carbonyl (C=O) groups excluding carboxylic acids is 1. The minimum Gasteiger partial charge on any atom is -0.320 e. The van der Waals surface area contributed by atoms with E-state index in [-0.39, 0.29) is 11.7 Å². The molecule has 4 heteroatoms. The molecule has 0 unspecified atom stereocenters. The van der Waals surface area contributed by atoms with E-state index in [0.717, 1.165) is 6.42 Å². The maximum atomic E-state index is 13.1. The van der Waals surface area contributed by atoms with Gasteiger partial charge in [0.1, 0.15) is 5.82 Å². The molecule has 0 aliphatic carbocycles. The van der Waals surface area contributed by atoms with E-state index in [1.807, 2.05) is 13.8 Å². The molecule has 0 spiro atoms. The maximum absolute atomic E-state index is 13.1. The molecule has 0 saturated carbocycles. The van der Waals surface area contributed by atoms with Gasteiger partial charge < -0.3 is 10.6 Å². The van der Waals surface area contributed by atoms with Gasteiger partial charge in [0.15, 0.2) is 0 Å². The molecule has 1 aromatic carbocycles. The van der Waals surface area contributed by atoms with Gasteiger partial charge in [0.25, 0.3) is 0 Å². The smallest absolute Gasteiger partial charge is 0.243 e. The summed E-state index contributed by atoms with van der Waals surface area (Å²) in [6.45, 7) is 4.31. The highest BCUT2D eigenvalue weighted by Gasteiger charge is 2.20. The van der Waals surface area contributed by atoms with Crippen molar-refractivity contribution in [1.29, 1.82) is 0 Å². The van der Waals surface area contributed by atoms with Crippen molar-refractivity contribution in [1.82, 2.24) is 0 Å². The summed E-state index contributed by atoms with van der Waals surface area (Å²) < 4.78 is 13.1. The summed E-state index contributed by atoms with van der Waals surface area (Å²) in [4.78, 5) is 13.6. The first kappa shape index (κ1) is 13.6. The first-order valence-corrected chi connectivity index (χ1v) is 5.92. The Labute approximate surface area is 101 Å². The van der Waals surface area contributed by atoms with Crippen molar-refractivity contribution in [3.8, 4) is 0 Å². The van der Waals surface area contributed by atoms with E-state index in [1.165, 1.54) is 17.0 Å². The maximum Gasteiger partial charge on any atom is 0.243 e. The molecule has 0 bridgehead atoms. The molecule has 0 radical (unpaired) electrons. The normalized spacial score (nSPS) is 12.2. The van der Waals surface area contributed by atoms with Crippen LogP contribution in [-0.4, -0.2) is 18.5 Å². The summed E-state index contributed by atoms with van der Waals surface area (Å²) in [5.74, 6) is -0.502. The molecule has 1 rings (SSSR count). The predicted octanol–water partition coefficient (Wildman–Crippen LogP) is 2.31. The van der Waals surface area contributed by atoms with Gasteiger partial charge in [-0.15, -0.1) is 0 Å². The predicted molar refractivity (Wildman–Crippen MR) is 67.3 cm³/mol. The van der Waals surface area contributed by atoms with Crippen molar-refractivity contribution in [3.63, 3.8) is 0 Å². The number of halogens is 1. The molecule has 1 atom stereocenters. The molecule has 0 aromatic heterocycles. The van der Waals surface area contributed by atoms with E-state index in [4.69, 9.17) is 5.73 Å². The Balaban J connectivity index is 2.88. The molecule has 0 aliphatic heterocycles. The van der Waals surface area contributed by atoms with E-state index >= 15 is 0 Å². The average molecular weight is 238 g/mol. The third-order valence-corrected chi connectivity index (χ3v) is 2.62. The lowest BCUT2D eigenvalue weighted by Gasteiger charge is -2.24. The van der Waals surface area contributed by atoms with Gasteiger partial charge in [-0.2, -0.15) is 0 Å². The van der Waals surface area contributed by atoms with Crippen molar-refractivity contribution in [2.24, 2.45) is 5.73 Å². The molecule has 17 heavy (non-hydrogen) atoms. The third kappa shape index (κ3) is 3.53. The second kappa shape index (κ2) is 6.35. The van der Waals surface area contributed by atoms with Crippen LogP contribution in [0.4, 0.5) is 10.1 Å². The fourth-order valence-electron chi connectivity index (χ4n) is 1.74. The highest BCUT2D eigenvalue weighted by molar-refractivity contribution is 5.96. The SMILES string of the molecule is CCC[C@@H](N)C(=O)N(CC)c1cccc(F)c1. The number of benzene rings is 1. The summed E-state index contributed by atoms with van der Waals surface area (Å²) in [5, 5.41) is 0. The number of nitrogens with two attached hydrogens (primary N) is 1. The number of anilines is 1. The van der Waals surface area contributed by atoms with Gasteiger partial charge in [-0.1, -0.05) is 19.4 Å². The Kier molecular flexibility index (Phi) is 5.10. The molecular weight excluding hydrogens is 219 g/mol. The second-order valence-corrected chi connectivity index (χ2v) is 3.96. The molecule has 0 fully saturated rings. The van der Waals surface area contributed by atoms with Crippen LogP contribution in [0.2, 0.25) is 0 Å². The van der Waals surface area contributed by atoms with E-state index in [1.54, 1.807) is 12.1 Å². The summed E-state index contributed by atoms with van der Waals surface area (Å²) in [6.07, 6.45) is 1.50. The van der Waals surface area contributed by atoms with E-state index < -0.39 is 6.04 Å². The van der Waals surface area contributed by atoms with Gasteiger partial charge in [-0.3, -0.25) is 4.79 Å². The van der Waals surface area contributed by atoms with Gasteiger partial charge in [0, 0.05) is 12.2 Å². The number of carbonyl (C=O) groups is 1. The standard InChI is InChI=1S/C13H19FN2O/c1-3-6-12(15)13(17)16(4-2)11-8-5-7-10(14)9-11/h5,7-9,12H,3-4,6,15H2,1-2H3/t12-/m1/s1. The number of hydrogen-bond donors (Lipinski definition) is 1. The van der Waals surface area contributed by atoms with Crippen LogP contribution < -0.4 is 10.6 Å². The van der Waals surface area contributed by atoms with Gasteiger partial charge in [0.2, 0.25) is 5.91 Å². The summed E-state index contributed by atoms with van der Waals surface area (Å²) in [6, 6.07) is 5.49. The van der Waals surface area contributed by atoms with Crippen LogP contribution in [0.25, 0.3) is 0 Å². The van der Waals surface area contributed by atoms with Crippen LogP contribution in [-0.2, 0) is 4.79 Å². The Hall–Kier alpha value is -1.42. The number of amides is 1. The van der Waals surface area contributed by atoms with Crippen LogP contribution in [0.15, 0.2) is 24.3 Å². The summed E-state index contributed by atoms with van der Waals surface area (Å²) in [5.41, 5.74) is 6.35. The largest absolute Gasteiger partial charge is 0.320 e. The van der Waals surface area contributed by atoms with Crippen LogP contribution in [0.1, 0.15) is 26.7 Å². The molecule has 0 heterocycles. The lowest BCUT2D eigenvalue weighted by Crippen LogP contribution is -2.43. The molecule has 0 saturated heterocycles. The van der Waals surface area contributed by atoms with Crippen molar-refractivity contribution in [2.45, 2.75) is 32.7 Å². The number of rotatable bonds is 5. The number of nitrogens with zero attached hydrogens (tertiary/aromatic N) is 1. The number of likely N-dealkylation sites (N-methyl/N-ethyl adjacent to an activating group) is 1. The molecule has 3 nitrogen and oxygen atoms in total. The van der Waals surface area contributed by atoms with Crippen LogP contribution in [0.5, 0.6) is 0 Å². The average Bonchev–Trinajstić information content (AvgIpc) is 2.30. The number of hydrogen-bond acceptors (Lipinski definition) is 2. The fourth-order valence-corrected chi connectivity index (χ4v) is 1.74. The van der Waals surface area contributed by atoms with E-state index in [2.05, 4.69) is 0 Å². The first-order chi connectivity index (χ1) is 8.10. The Morgan fingerprint density at radius 1 is 1.47 bits per heavy atom. The molecule has 1 amide bonds. The van der Waals surface area contributed by atoms with Crippen molar-refractivity contribution in [3.05, 3.63) is 30.1 Å². The molecular formula is C13H19FN2O. The van der Waals surface area contributed by atoms with Gasteiger partial charge in [-0.05, 0) is 31.5 Å². The second-order valence-electron chi connectivity index (χ2n) is 3.96. The lowest BCUT2D eigenvalue weighted by molar-refractivity contribution is -0.119. The Morgan fingerprint density at radius 3 is 2.71 bits per heavy atom. The van der Waals surface area contributed by atoms with Crippen molar-refractivity contribution < 1.29 is 9.18 Å². The van der Waals surface area contributed by atoms with Crippen LogP contribution in [0, 0.1) is 5.82 Å². The zero-order valence-electron chi connectivity index (χ0n) is 10.3. The quantitative estimate of drug-likeness (QED) is 0.855. The van der Waals surface area contributed by atoms with E-state index in [0.29, 0.717) is 18.7 Å². The minimum absolute atomic E-state index is 0.153. The summed E-state index contributed by atoms with van der Waals surface area (Å²) >= 11 is 0. The molecule has 94 valence electrons. The third-order valence-electron chi connectivity index (χ3n) is 2.62. The highest BCUT2D eigenvalue weighted by Crippen LogP contribution is 2.16. The van der Waals surface area contributed by atoms with Crippen LogP contribution >= 0.6 is 0 Å². The Bertz CT molecular complexity index is 381. The fraction of sp³-hybridized carbons (Fsp3) is 0.462. The van der Waals surface area contributed by atoms with Crippen molar-refractivity contribution >= 4 is 11.6 Å². The topological polar surface area (TPSA) is 46.3 Å². The first-order valence-electron chi connectivity index (χ1n) is 5.92. The van der Waals surface area contributed by atoms with Gasteiger partial charge in [0.05, 0.1) is 6.04 Å². The van der Waals surface area contributed by atoms with Gasteiger partial charge >= 0.3 is 0 Å². The zero-order valence-corrected chi connectivity index (χ0v) is 10.3. The monoisotopic (exact) mass is 238 g/mol. The lowest BCUT2D eigenvalue weighted by atomic mass is 10.1. The van der Waals surface area contributed by atoms with E-state index in [9.17, 15) is 9.18 Å². The Morgan fingerprint density at radius 2 is 2.18 bits per heavy atom.